The van der Waals surface area contributed by atoms with Crippen LogP contribution in [-0.2, 0) is 0 Å². The van der Waals surface area contributed by atoms with Crippen molar-refractivity contribution in [1.29, 1.82) is 0 Å². The highest BCUT2D eigenvalue weighted by molar-refractivity contribution is 7.99. The summed E-state index contributed by atoms with van der Waals surface area (Å²) in [4.78, 5) is 20.3. The number of halogens is 3. The van der Waals surface area contributed by atoms with Crippen LogP contribution in [0.1, 0.15) is 23.2 Å². The number of nitrogens with zero attached hydrogens (tertiary/aromatic N) is 3. The molecule has 2 fully saturated rings. The van der Waals surface area contributed by atoms with Gasteiger partial charge in [0, 0.05) is 53.4 Å². The summed E-state index contributed by atoms with van der Waals surface area (Å²) in [5, 5.41) is 0. The predicted molar refractivity (Wildman–Crippen MR) is 128 cm³/mol. The van der Waals surface area contributed by atoms with Gasteiger partial charge in [-0.1, -0.05) is 0 Å². The van der Waals surface area contributed by atoms with Crippen LogP contribution in [0.15, 0.2) is 30.5 Å². The number of aromatic nitrogens is 1. The van der Waals surface area contributed by atoms with Gasteiger partial charge in [0.15, 0.2) is 11.5 Å². The summed E-state index contributed by atoms with van der Waals surface area (Å²) < 4.78 is 50.4. The van der Waals surface area contributed by atoms with Gasteiger partial charge in [-0.2, -0.15) is 24.9 Å². The van der Waals surface area contributed by atoms with Crippen LogP contribution >= 0.6 is 11.8 Å². The number of alkyl halides is 3. The van der Waals surface area contributed by atoms with Gasteiger partial charge >= 0.3 is 6.18 Å². The summed E-state index contributed by atoms with van der Waals surface area (Å²) in [5.41, 5.74) is 7.28. The first-order valence-electron chi connectivity index (χ1n) is 11.7. The highest BCUT2D eigenvalue weighted by atomic mass is 32.2. The Morgan fingerprint density at radius 2 is 1.86 bits per heavy atom. The number of hydrogen-bond donors (Lipinski definition) is 1. The number of anilines is 1. The Balaban J connectivity index is 1.34. The Morgan fingerprint density at radius 1 is 1.11 bits per heavy atom. The maximum absolute atomic E-state index is 12.7. The Morgan fingerprint density at radius 3 is 2.49 bits per heavy atom. The molecule has 1 atom stereocenters. The van der Waals surface area contributed by atoms with Gasteiger partial charge in [0.1, 0.15) is 5.82 Å². The minimum atomic E-state index is -4.21. The SMILES string of the molecule is NC(=O)c1cc2c(c(-c3ccc(N4CCSCC4)nc3)c1)OC(C1CCN(CC(F)(F)F)CC1)O2. The van der Waals surface area contributed by atoms with Crippen LogP contribution in [0.3, 0.4) is 0 Å². The highest BCUT2D eigenvalue weighted by Crippen LogP contribution is 2.46. The van der Waals surface area contributed by atoms with Crippen molar-refractivity contribution < 1.29 is 27.4 Å². The smallest absolute Gasteiger partial charge is 0.401 e. The van der Waals surface area contributed by atoms with Crippen molar-refractivity contribution in [3.8, 4) is 22.6 Å². The van der Waals surface area contributed by atoms with Crippen molar-refractivity contribution in [3.05, 3.63) is 36.0 Å². The average Bonchev–Trinajstić information content (AvgIpc) is 3.28. The Labute approximate surface area is 205 Å². The summed E-state index contributed by atoms with van der Waals surface area (Å²) >= 11 is 1.93. The largest absolute Gasteiger partial charge is 0.451 e. The highest BCUT2D eigenvalue weighted by Gasteiger charge is 2.38. The molecule has 7 nitrogen and oxygen atoms in total. The number of likely N-dealkylation sites (tertiary alicyclic amines) is 1. The van der Waals surface area contributed by atoms with E-state index in [1.807, 2.05) is 23.9 Å². The molecule has 0 bridgehead atoms. The van der Waals surface area contributed by atoms with Crippen molar-refractivity contribution in [2.24, 2.45) is 11.7 Å². The van der Waals surface area contributed by atoms with Crippen LogP contribution < -0.4 is 20.1 Å². The van der Waals surface area contributed by atoms with Crippen molar-refractivity contribution >= 4 is 23.5 Å². The van der Waals surface area contributed by atoms with E-state index in [2.05, 4.69) is 9.88 Å². The first kappa shape index (κ1) is 24.1. The fourth-order valence-corrected chi connectivity index (χ4v) is 5.69. The van der Waals surface area contributed by atoms with Gasteiger partial charge < -0.3 is 20.1 Å². The molecule has 0 radical (unpaired) electrons. The van der Waals surface area contributed by atoms with Crippen molar-refractivity contribution in [2.45, 2.75) is 25.3 Å². The topological polar surface area (TPSA) is 80.9 Å². The van der Waals surface area contributed by atoms with E-state index in [0.29, 0.717) is 48.6 Å². The molecule has 0 spiro atoms. The van der Waals surface area contributed by atoms with E-state index in [4.69, 9.17) is 15.2 Å². The standard InChI is InChI=1S/C24H27F3N4O3S/c25-24(26,27)14-30-5-3-15(4-6-30)23-33-19-12-17(22(28)32)11-18(21(19)34-23)16-1-2-20(29-13-16)31-7-9-35-10-8-31/h1-2,11-13,15,23H,3-10,14H2,(H2,28,32). The molecule has 2 saturated heterocycles. The molecule has 1 aromatic carbocycles. The Bertz CT molecular complexity index is 1070. The number of amides is 1. The summed E-state index contributed by atoms with van der Waals surface area (Å²) in [5.74, 6) is 3.31. The first-order valence-corrected chi connectivity index (χ1v) is 12.8. The number of piperidine rings is 1. The number of benzene rings is 1. The lowest BCUT2D eigenvalue weighted by molar-refractivity contribution is -0.150. The quantitative estimate of drug-likeness (QED) is 0.659. The second-order valence-corrected chi connectivity index (χ2v) is 10.3. The molecule has 35 heavy (non-hydrogen) atoms. The van der Waals surface area contributed by atoms with E-state index in [1.54, 1.807) is 18.3 Å². The summed E-state index contributed by atoms with van der Waals surface area (Å²) in [7, 11) is 0. The third-order valence-corrected chi connectivity index (χ3v) is 7.57. The zero-order valence-corrected chi connectivity index (χ0v) is 19.9. The van der Waals surface area contributed by atoms with Gasteiger partial charge in [0.05, 0.1) is 6.54 Å². The van der Waals surface area contributed by atoms with Gasteiger partial charge in [-0.3, -0.25) is 9.69 Å². The first-order chi connectivity index (χ1) is 16.8. The molecule has 3 aliphatic heterocycles. The maximum atomic E-state index is 12.7. The Kier molecular flexibility index (Phi) is 6.71. The second-order valence-electron chi connectivity index (χ2n) is 9.05. The number of nitrogens with two attached hydrogens (primary N) is 1. The number of ether oxygens (including phenoxy) is 2. The minimum absolute atomic E-state index is 0.0609. The molecule has 1 amide bonds. The van der Waals surface area contributed by atoms with Gasteiger partial charge in [-0.25, -0.2) is 4.98 Å². The van der Waals surface area contributed by atoms with E-state index < -0.39 is 24.9 Å². The number of carbonyl (C=O) groups excluding carboxylic acids is 1. The minimum Gasteiger partial charge on any atom is -0.451 e. The number of thioether (sulfide) groups is 1. The van der Waals surface area contributed by atoms with E-state index in [0.717, 1.165) is 36.0 Å². The zero-order valence-electron chi connectivity index (χ0n) is 19.1. The maximum Gasteiger partial charge on any atom is 0.401 e. The zero-order chi connectivity index (χ0) is 24.6. The van der Waals surface area contributed by atoms with Gasteiger partial charge in [-0.15, -0.1) is 0 Å². The van der Waals surface area contributed by atoms with E-state index >= 15 is 0 Å². The molecule has 5 rings (SSSR count). The number of carbonyl (C=O) groups is 1. The van der Waals surface area contributed by atoms with E-state index in [-0.39, 0.29) is 5.92 Å². The van der Waals surface area contributed by atoms with Crippen LogP contribution in [0, 0.1) is 5.92 Å². The lowest BCUT2D eigenvalue weighted by Crippen LogP contribution is -2.43. The van der Waals surface area contributed by atoms with Crippen molar-refractivity contribution in [3.63, 3.8) is 0 Å². The third-order valence-electron chi connectivity index (χ3n) is 6.63. The normalized spacial score (nSPS) is 21.3. The molecular weight excluding hydrogens is 481 g/mol. The number of rotatable bonds is 5. The fourth-order valence-electron chi connectivity index (χ4n) is 4.79. The number of hydrogen-bond acceptors (Lipinski definition) is 7. The predicted octanol–water partition coefficient (Wildman–Crippen LogP) is 3.77. The van der Waals surface area contributed by atoms with Crippen molar-refractivity contribution in [1.82, 2.24) is 9.88 Å². The molecule has 2 N–H and O–H groups in total. The molecule has 2 aromatic rings. The summed E-state index contributed by atoms with van der Waals surface area (Å²) in [6.07, 6.45) is -2.03. The molecule has 1 unspecified atom stereocenters. The van der Waals surface area contributed by atoms with E-state index in [9.17, 15) is 18.0 Å². The van der Waals surface area contributed by atoms with Crippen LogP contribution in [0.5, 0.6) is 11.5 Å². The molecule has 1 aromatic heterocycles. The molecule has 0 aliphatic carbocycles. The number of pyridine rings is 1. The summed E-state index contributed by atoms with van der Waals surface area (Å²) in [6.45, 7) is 1.64. The molecule has 4 heterocycles. The molecule has 11 heteroatoms. The fraction of sp³-hybridized carbons (Fsp3) is 0.500. The van der Waals surface area contributed by atoms with Crippen LogP contribution in [0.4, 0.5) is 19.0 Å². The summed E-state index contributed by atoms with van der Waals surface area (Å²) in [6, 6.07) is 7.13. The molecule has 188 valence electrons. The van der Waals surface area contributed by atoms with Gasteiger partial charge in [0.25, 0.3) is 0 Å². The molecular formula is C24H27F3N4O3S. The van der Waals surface area contributed by atoms with Crippen LogP contribution in [-0.4, -0.2) is 72.5 Å². The number of primary amides is 1. The van der Waals surface area contributed by atoms with Crippen molar-refractivity contribution in [2.75, 3.05) is 49.1 Å². The lowest BCUT2D eigenvalue weighted by atomic mass is 9.96. The number of fused-ring (bicyclic) bond motifs is 1. The van der Waals surface area contributed by atoms with Crippen LogP contribution in [0.2, 0.25) is 0 Å². The van der Waals surface area contributed by atoms with Crippen LogP contribution in [0.25, 0.3) is 11.1 Å². The molecule has 3 aliphatic rings. The Hall–Kier alpha value is -2.66. The lowest BCUT2D eigenvalue weighted by Gasteiger charge is -2.33. The van der Waals surface area contributed by atoms with E-state index in [1.165, 1.54) is 4.90 Å². The average molecular weight is 509 g/mol. The van der Waals surface area contributed by atoms with Gasteiger partial charge in [0.2, 0.25) is 12.2 Å². The monoisotopic (exact) mass is 508 g/mol. The molecule has 0 saturated carbocycles. The third kappa shape index (κ3) is 5.45. The van der Waals surface area contributed by atoms with Gasteiger partial charge in [-0.05, 0) is 50.2 Å². The second kappa shape index (κ2) is 9.77.